The molecule has 16 heteroatoms. The molecule has 4 rings (SSSR count). The molecule has 0 bridgehead atoms. The number of benzene rings is 2. The summed E-state index contributed by atoms with van der Waals surface area (Å²) in [4.78, 5) is 58.7. The first-order valence-corrected chi connectivity index (χ1v) is 25.6. The average Bonchev–Trinajstić information content (AvgIpc) is 3.08. The summed E-state index contributed by atoms with van der Waals surface area (Å²) < 4.78 is 42.5. The van der Waals surface area contributed by atoms with E-state index in [0.717, 1.165) is 0 Å². The van der Waals surface area contributed by atoms with Crippen LogP contribution >= 0.6 is 0 Å². The van der Waals surface area contributed by atoms with E-state index in [1.54, 1.807) is 62.4 Å². The van der Waals surface area contributed by atoms with Gasteiger partial charge in [-0.1, -0.05) is 65.8 Å². The van der Waals surface area contributed by atoms with E-state index in [-0.39, 0.29) is 46.8 Å². The molecule has 0 fully saturated rings. The summed E-state index contributed by atoms with van der Waals surface area (Å²) in [5, 5.41) is 0. The van der Waals surface area contributed by atoms with Gasteiger partial charge in [0.1, 0.15) is 26.0 Å². The lowest BCUT2D eigenvalue weighted by molar-refractivity contribution is -0.128. The Kier molecular flexibility index (Phi) is 15.1. The predicted octanol–water partition coefficient (Wildman–Crippen LogP) is 5.98. The van der Waals surface area contributed by atoms with Crippen LogP contribution in [0.5, 0.6) is 0 Å². The topological polar surface area (TPSA) is 170 Å². The Labute approximate surface area is 335 Å². The molecule has 2 heterocycles. The van der Waals surface area contributed by atoms with E-state index in [1.165, 1.54) is 9.13 Å². The zero-order chi connectivity index (χ0) is 41.7. The van der Waals surface area contributed by atoms with Crippen LogP contribution in [0.4, 0.5) is 0 Å². The summed E-state index contributed by atoms with van der Waals surface area (Å²) in [5.41, 5.74) is -1.12. The second-order valence-corrected chi connectivity index (χ2v) is 23.1. The van der Waals surface area contributed by atoms with Crippen molar-refractivity contribution in [1.82, 2.24) is 19.1 Å². The van der Waals surface area contributed by atoms with Gasteiger partial charge in [-0.3, -0.25) is 28.7 Å². The highest BCUT2D eigenvalue weighted by Gasteiger charge is 2.30. The molecule has 2 unspecified atom stereocenters. The van der Waals surface area contributed by atoms with Gasteiger partial charge in [0.15, 0.2) is 27.9 Å². The monoisotopic (exact) mass is 826 g/mol. The van der Waals surface area contributed by atoms with Crippen molar-refractivity contribution in [2.45, 2.75) is 130 Å². The SMILES string of the molecule is Cc1c(-c2ccccc2[S+]([O-])c2ccccc2-c2c(C)c(=O)[nH]c(=O)n2COC(CC(C)(C)C)O[SiH](C)C)n(COC(CC(C)(C)C)O[SiH](C)C)c(=O)[nH]c1=O. The number of aromatic nitrogens is 4. The van der Waals surface area contributed by atoms with Crippen molar-refractivity contribution in [2.75, 3.05) is 0 Å². The van der Waals surface area contributed by atoms with Crippen molar-refractivity contribution >= 4 is 29.3 Å². The molecule has 0 saturated heterocycles. The molecule has 4 aromatic rings. The van der Waals surface area contributed by atoms with Gasteiger partial charge in [0.25, 0.3) is 11.1 Å². The molecule has 0 saturated carbocycles. The molecule has 0 radical (unpaired) electrons. The Morgan fingerprint density at radius 3 is 1.30 bits per heavy atom. The van der Waals surface area contributed by atoms with Crippen LogP contribution in [0.15, 0.2) is 77.5 Å². The van der Waals surface area contributed by atoms with Crippen LogP contribution < -0.4 is 22.5 Å². The van der Waals surface area contributed by atoms with Gasteiger partial charge in [-0.15, -0.1) is 0 Å². The van der Waals surface area contributed by atoms with Crippen molar-refractivity contribution in [3.8, 4) is 22.5 Å². The fraction of sp³-hybridized carbons (Fsp3) is 0.500. The third kappa shape index (κ3) is 11.7. The van der Waals surface area contributed by atoms with Gasteiger partial charge in [-0.05, 0) is 75.1 Å². The summed E-state index contributed by atoms with van der Waals surface area (Å²) >= 11 is -1.97. The van der Waals surface area contributed by atoms with Crippen LogP contribution in [-0.4, -0.2) is 54.3 Å². The van der Waals surface area contributed by atoms with Crippen LogP contribution in [0.1, 0.15) is 65.5 Å². The van der Waals surface area contributed by atoms with Crippen molar-refractivity contribution in [2.24, 2.45) is 10.8 Å². The van der Waals surface area contributed by atoms with Crippen LogP contribution in [-0.2, 0) is 43.0 Å². The van der Waals surface area contributed by atoms with Gasteiger partial charge in [-0.25, -0.2) is 9.59 Å². The van der Waals surface area contributed by atoms with Crippen LogP contribution in [0, 0.1) is 24.7 Å². The molecule has 0 amide bonds. The zero-order valence-electron chi connectivity index (χ0n) is 34.7. The van der Waals surface area contributed by atoms with E-state index in [9.17, 15) is 23.7 Å². The Balaban J connectivity index is 1.86. The average molecular weight is 827 g/mol. The second kappa shape index (κ2) is 18.8. The summed E-state index contributed by atoms with van der Waals surface area (Å²) in [6.07, 6.45) is -0.0364. The molecule has 0 spiro atoms. The van der Waals surface area contributed by atoms with E-state index >= 15 is 0 Å². The van der Waals surface area contributed by atoms with E-state index in [0.29, 0.717) is 33.8 Å². The minimum absolute atomic E-state index is 0.129. The third-order valence-corrected chi connectivity index (χ3v) is 11.9. The molecule has 2 aromatic carbocycles. The van der Waals surface area contributed by atoms with Crippen LogP contribution in [0.25, 0.3) is 22.5 Å². The van der Waals surface area contributed by atoms with Crippen LogP contribution in [0.3, 0.4) is 0 Å². The third-order valence-electron chi connectivity index (χ3n) is 8.73. The molecule has 2 aromatic heterocycles. The fourth-order valence-electron chi connectivity index (χ4n) is 6.26. The Morgan fingerprint density at radius 2 is 0.982 bits per heavy atom. The molecule has 13 nitrogen and oxygen atoms in total. The molecule has 0 aliphatic heterocycles. The molecular weight excluding hydrogens is 769 g/mol. The number of ether oxygens (including phenoxy) is 2. The maximum atomic E-state index is 15.0. The smallest absolute Gasteiger partial charge is 0.330 e. The standard InChI is InChI=1S/C40H58N4O9SSi2/c1-25-33(43(37(47)41-35(25)45)23-50-31(52-55(9)10)21-39(3,4)5)27-17-13-15-19-29(27)54(49)30-20-16-14-18-28(30)34-26(2)36(46)42-38(48)44(34)24-51-32(53-56(11)12)22-40(6,7)8/h13-20,31-32,55-56H,21-24H2,1-12H3,(H,41,45,47)(H,42,46,48). The van der Waals surface area contributed by atoms with E-state index < -0.39 is 64.3 Å². The first kappa shape index (κ1) is 45.1. The van der Waals surface area contributed by atoms with Gasteiger partial charge in [0.2, 0.25) is 0 Å². The minimum Gasteiger partial charge on any atom is -0.606 e. The lowest BCUT2D eigenvalue weighted by Crippen LogP contribution is -2.36. The van der Waals surface area contributed by atoms with Gasteiger partial charge < -0.3 is 22.9 Å². The molecule has 0 aliphatic rings. The normalized spacial score (nSPS) is 14.1. The molecule has 56 heavy (non-hydrogen) atoms. The van der Waals surface area contributed by atoms with Gasteiger partial charge >= 0.3 is 11.4 Å². The maximum Gasteiger partial charge on any atom is 0.330 e. The second-order valence-electron chi connectivity index (χ2n) is 16.9. The van der Waals surface area contributed by atoms with Gasteiger partial charge in [-0.2, -0.15) is 0 Å². The zero-order valence-corrected chi connectivity index (χ0v) is 37.9. The Morgan fingerprint density at radius 1 is 0.643 bits per heavy atom. The number of rotatable bonds is 16. The van der Waals surface area contributed by atoms with Crippen molar-refractivity contribution in [3.63, 3.8) is 0 Å². The Hall–Kier alpha value is -3.62. The van der Waals surface area contributed by atoms with Crippen molar-refractivity contribution in [1.29, 1.82) is 0 Å². The van der Waals surface area contributed by atoms with Gasteiger partial charge in [0, 0.05) is 35.1 Å². The lowest BCUT2D eigenvalue weighted by Gasteiger charge is -2.28. The summed E-state index contributed by atoms with van der Waals surface area (Å²) in [7, 11) is -3.08. The summed E-state index contributed by atoms with van der Waals surface area (Å²) in [5.74, 6) is 0. The molecule has 2 N–H and O–H groups in total. The fourth-order valence-corrected chi connectivity index (χ4v) is 9.20. The summed E-state index contributed by atoms with van der Waals surface area (Å²) in [6, 6.07) is 13.6. The lowest BCUT2D eigenvalue weighted by atomic mass is 9.92. The maximum absolute atomic E-state index is 15.0. The number of nitrogens with zero attached hydrogens (tertiary/aromatic N) is 2. The highest BCUT2D eigenvalue weighted by atomic mass is 32.2. The number of hydrogen-bond donors (Lipinski definition) is 2. The van der Waals surface area contributed by atoms with Crippen molar-refractivity contribution in [3.05, 3.63) is 101 Å². The largest absolute Gasteiger partial charge is 0.606 e. The molecule has 0 aliphatic carbocycles. The first-order valence-electron chi connectivity index (χ1n) is 18.9. The highest BCUT2D eigenvalue weighted by molar-refractivity contribution is 7.91. The first-order chi connectivity index (χ1) is 26.1. The van der Waals surface area contributed by atoms with E-state index in [4.69, 9.17) is 18.3 Å². The number of nitrogens with one attached hydrogen (secondary N) is 2. The predicted molar refractivity (Wildman–Crippen MR) is 225 cm³/mol. The quantitative estimate of drug-likeness (QED) is 0.0785. The minimum atomic E-state index is -1.97. The number of hydrogen-bond acceptors (Lipinski definition) is 9. The molecular formula is C40H58N4O9SSi2. The summed E-state index contributed by atoms with van der Waals surface area (Å²) in [6.45, 7) is 23.3. The number of H-pyrrole nitrogens is 2. The number of aromatic amines is 2. The molecule has 306 valence electrons. The highest BCUT2D eigenvalue weighted by Crippen LogP contribution is 2.37. The van der Waals surface area contributed by atoms with Crippen LogP contribution in [0.2, 0.25) is 26.2 Å². The van der Waals surface area contributed by atoms with E-state index in [1.807, 2.05) is 26.2 Å². The van der Waals surface area contributed by atoms with Gasteiger partial charge in [0.05, 0.1) is 22.5 Å². The van der Waals surface area contributed by atoms with Crippen molar-refractivity contribution < 1.29 is 22.9 Å². The molecule has 2 atom stereocenters. The van der Waals surface area contributed by atoms with E-state index in [2.05, 4.69) is 51.5 Å². The Bertz CT molecular complexity index is 2060.